The predicted octanol–water partition coefficient (Wildman–Crippen LogP) is 3.84. The molecule has 0 amide bonds. The van der Waals surface area contributed by atoms with E-state index in [1.165, 1.54) is 11.8 Å². The lowest BCUT2D eigenvalue weighted by atomic mass is 9.96. The topological polar surface area (TPSA) is 76.2 Å². The van der Waals surface area contributed by atoms with Crippen LogP contribution in [-0.4, -0.2) is 21.2 Å². The number of carbonyl (C=O) groups is 1. The molecule has 2 unspecified atom stereocenters. The van der Waals surface area contributed by atoms with Crippen LogP contribution in [0.3, 0.4) is 0 Å². The van der Waals surface area contributed by atoms with Gasteiger partial charge in [0.2, 0.25) is 5.89 Å². The van der Waals surface area contributed by atoms with Crippen LogP contribution in [0.2, 0.25) is 5.02 Å². The Morgan fingerprint density at radius 3 is 2.81 bits per heavy atom. The van der Waals surface area contributed by atoms with Crippen molar-refractivity contribution in [1.29, 1.82) is 0 Å². The second-order valence-electron chi connectivity index (χ2n) is 4.68. The molecule has 0 radical (unpaired) electrons. The van der Waals surface area contributed by atoms with E-state index in [1.807, 2.05) is 24.3 Å². The molecule has 2 aromatic rings. The first-order chi connectivity index (χ1) is 9.99. The first-order valence-corrected chi connectivity index (χ1v) is 7.78. The minimum atomic E-state index is -0.882. The molecule has 0 saturated heterocycles. The van der Waals surface area contributed by atoms with Crippen molar-refractivity contribution >= 4 is 29.3 Å². The minimum absolute atomic E-state index is 0.325. The first kappa shape index (κ1) is 15.9. The fraction of sp³-hybridized carbons (Fsp3) is 0.357. The van der Waals surface area contributed by atoms with Crippen LogP contribution in [0, 0.1) is 5.92 Å². The van der Waals surface area contributed by atoms with Crippen molar-refractivity contribution < 1.29 is 14.4 Å². The third kappa shape index (κ3) is 3.98. The first-order valence-electron chi connectivity index (χ1n) is 6.41. The molecule has 1 aromatic heterocycles. The fourth-order valence-electron chi connectivity index (χ4n) is 1.64. The van der Waals surface area contributed by atoms with Crippen molar-refractivity contribution in [1.82, 2.24) is 10.1 Å². The van der Waals surface area contributed by atoms with Gasteiger partial charge in [0.05, 0.1) is 16.7 Å². The molecule has 0 aliphatic heterocycles. The number of nitrogens with zero attached hydrogens (tertiary/aromatic N) is 2. The summed E-state index contributed by atoms with van der Waals surface area (Å²) >= 11 is 7.58. The maximum Gasteiger partial charge on any atom is 0.307 e. The van der Waals surface area contributed by atoms with Crippen LogP contribution in [0.1, 0.15) is 31.5 Å². The van der Waals surface area contributed by atoms with Crippen LogP contribution in [0.15, 0.2) is 33.7 Å². The molecule has 0 aliphatic rings. The van der Waals surface area contributed by atoms with E-state index < -0.39 is 11.9 Å². The van der Waals surface area contributed by atoms with E-state index in [2.05, 4.69) is 10.1 Å². The van der Waals surface area contributed by atoms with Crippen molar-refractivity contribution in [2.75, 3.05) is 0 Å². The van der Waals surface area contributed by atoms with E-state index in [0.29, 0.717) is 22.5 Å². The molecule has 21 heavy (non-hydrogen) atoms. The van der Waals surface area contributed by atoms with Crippen molar-refractivity contribution in [2.24, 2.45) is 5.92 Å². The molecule has 0 saturated carbocycles. The van der Waals surface area contributed by atoms with E-state index in [0.717, 1.165) is 4.90 Å². The normalized spacial score (nSPS) is 13.9. The summed E-state index contributed by atoms with van der Waals surface area (Å²) < 4.78 is 5.15. The molecule has 0 fully saturated rings. The number of aliphatic carboxylic acids is 1. The number of carboxylic acids is 1. The summed E-state index contributed by atoms with van der Waals surface area (Å²) in [5.41, 5.74) is 0. The molecular formula is C14H15ClN2O3S. The average molecular weight is 327 g/mol. The van der Waals surface area contributed by atoms with Gasteiger partial charge < -0.3 is 9.63 Å². The number of benzene rings is 1. The zero-order valence-corrected chi connectivity index (χ0v) is 13.2. The van der Waals surface area contributed by atoms with E-state index in [9.17, 15) is 4.79 Å². The molecule has 2 atom stereocenters. The molecule has 5 nitrogen and oxygen atoms in total. The molecular weight excluding hydrogens is 312 g/mol. The van der Waals surface area contributed by atoms with Crippen LogP contribution >= 0.6 is 23.4 Å². The van der Waals surface area contributed by atoms with Crippen molar-refractivity contribution in [3.8, 4) is 0 Å². The Kier molecular flexibility index (Phi) is 5.25. The molecule has 1 heterocycles. The number of carboxylic acid groups (broad SMARTS) is 1. The summed E-state index contributed by atoms with van der Waals surface area (Å²) in [7, 11) is 0. The molecule has 1 N–H and O–H groups in total. The number of halogens is 1. The zero-order chi connectivity index (χ0) is 15.4. The third-order valence-corrected chi connectivity index (χ3v) is 4.72. The van der Waals surface area contributed by atoms with Gasteiger partial charge in [-0.2, -0.15) is 4.98 Å². The summed E-state index contributed by atoms with van der Waals surface area (Å²) in [5, 5.41) is 13.6. The van der Waals surface area contributed by atoms with Gasteiger partial charge in [-0.05, 0) is 12.1 Å². The zero-order valence-electron chi connectivity index (χ0n) is 11.6. The van der Waals surface area contributed by atoms with Crippen LogP contribution in [0.25, 0.3) is 0 Å². The molecule has 2 rings (SSSR count). The summed E-state index contributed by atoms with van der Waals surface area (Å²) in [6.45, 7) is 3.38. The SMILES string of the molecule is CC(C(=O)O)C(C)c1nc(CSc2ccccc2Cl)no1. The van der Waals surface area contributed by atoms with Gasteiger partial charge in [-0.15, -0.1) is 11.8 Å². The summed E-state index contributed by atoms with van der Waals surface area (Å²) in [5.74, 6) is -0.392. The summed E-state index contributed by atoms with van der Waals surface area (Å²) in [6, 6.07) is 7.52. The number of hydrogen-bond acceptors (Lipinski definition) is 5. The lowest BCUT2D eigenvalue weighted by Crippen LogP contribution is -2.16. The molecule has 112 valence electrons. The highest BCUT2D eigenvalue weighted by Crippen LogP contribution is 2.29. The number of hydrogen-bond donors (Lipinski definition) is 1. The van der Waals surface area contributed by atoms with E-state index >= 15 is 0 Å². The van der Waals surface area contributed by atoms with Crippen LogP contribution in [-0.2, 0) is 10.5 Å². The summed E-state index contributed by atoms with van der Waals surface area (Å²) in [4.78, 5) is 16.2. The molecule has 0 spiro atoms. The largest absolute Gasteiger partial charge is 0.481 e. The lowest BCUT2D eigenvalue weighted by Gasteiger charge is -2.10. The Bertz CT molecular complexity index is 632. The lowest BCUT2D eigenvalue weighted by molar-refractivity contribution is -0.141. The van der Waals surface area contributed by atoms with Gasteiger partial charge in [-0.3, -0.25) is 4.79 Å². The molecule has 0 aliphatic carbocycles. The van der Waals surface area contributed by atoms with Gasteiger partial charge in [0.15, 0.2) is 5.82 Å². The summed E-state index contributed by atoms with van der Waals surface area (Å²) in [6.07, 6.45) is 0. The molecule has 1 aromatic carbocycles. The Hall–Kier alpha value is -1.53. The molecule has 0 bridgehead atoms. The van der Waals surface area contributed by atoms with E-state index in [1.54, 1.807) is 13.8 Å². The Morgan fingerprint density at radius 1 is 1.43 bits per heavy atom. The highest BCUT2D eigenvalue weighted by Gasteiger charge is 2.25. The monoisotopic (exact) mass is 326 g/mol. The highest BCUT2D eigenvalue weighted by molar-refractivity contribution is 7.98. The fourth-order valence-corrected chi connectivity index (χ4v) is 2.72. The van der Waals surface area contributed by atoms with Gasteiger partial charge in [-0.1, -0.05) is 42.7 Å². The van der Waals surface area contributed by atoms with Crippen molar-refractivity contribution in [3.05, 3.63) is 41.0 Å². The third-order valence-electron chi connectivity index (χ3n) is 3.21. The van der Waals surface area contributed by atoms with Gasteiger partial charge in [0.25, 0.3) is 0 Å². The van der Waals surface area contributed by atoms with Gasteiger partial charge in [0, 0.05) is 10.8 Å². The Morgan fingerprint density at radius 2 is 2.14 bits per heavy atom. The van der Waals surface area contributed by atoms with E-state index in [4.69, 9.17) is 21.2 Å². The van der Waals surface area contributed by atoms with Crippen molar-refractivity contribution in [2.45, 2.75) is 30.4 Å². The number of thioether (sulfide) groups is 1. The van der Waals surface area contributed by atoms with Gasteiger partial charge in [0.1, 0.15) is 0 Å². The predicted molar refractivity (Wildman–Crippen MR) is 80.5 cm³/mol. The maximum atomic E-state index is 11.0. The van der Waals surface area contributed by atoms with Crippen molar-refractivity contribution in [3.63, 3.8) is 0 Å². The standard InChI is InChI=1S/C14H15ClN2O3S/c1-8(9(2)14(18)19)13-16-12(17-20-13)7-21-11-6-4-3-5-10(11)15/h3-6,8-9H,7H2,1-2H3,(H,18,19). The Labute approximate surface area is 131 Å². The quantitative estimate of drug-likeness (QED) is 0.813. The van der Waals surface area contributed by atoms with Gasteiger partial charge in [-0.25, -0.2) is 0 Å². The highest BCUT2D eigenvalue weighted by atomic mass is 35.5. The van der Waals surface area contributed by atoms with Gasteiger partial charge >= 0.3 is 5.97 Å². The second kappa shape index (κ2) is 6.95. The number of rotatable bonds is 6. The Balaban J connectivity index is 2.01. The van der Waals surface area contributed by atoms with Crippen LogP contribution in [0.5, 0.6) is 0 Å². The smallest absolute Gasteiger partial charge is 0.307 e. The minimum Gasteiger partial charge on any atom is -0.481 e. The maximum absolute atomic E-state index is 11.0. The number of aromatic nitrogens is 2. The van der Waals surface area contributed by atoms with Crippen LogP contribution in [0.4, 0.5) is 0 Å². The van der Waals surface area contributed by atoms with E-state index in [-0.39, 0.29) is 5.92 Å². The van der Waals surface area contributed by atoms with Crippen LogP contribution < -0.4 is 0 Å². The average Bonchev–Trinajstić information content (AvgIpc) is 2.93. The molecule has 7 heteroatoms. The second-order valence-corrected chi connectivity index (χ2v) is 6.11.